The van der Waals surface area contributed by atoms with Crippen LogP contribution in [0.25, 0.3) is 16.6 Å². The Balaban J connectivity index is 1.52. The second kappa shape index (κ2) is 9.06. The molecule has 9 nitrogen and oxygen atoms in total. The summed E-state index contributed by atoms with van der Waals surface area (Å²) in [6.45, 7) is 0.824. The van der Waals surface area contributed by atoms with Crippen LogP contribution >= 0.6 is 11.7 Å². The van der Waals surface area contributed by atoms with Crippen LogP contribution in [0, 0.1) is 0 Å². The van der Waals surface area contributed by atoms with E-state index in [1.807, 2.05) is 12.1 Å². The van der Waals surface area contributed by atoms with Crippen LogP contribution in [0.2, 0.25) is 0 Å². The van der Waals surface area contributed by atoms with Gasteiger partial charge in [-0.1, -0.05) is 12.1 Å². The third-order valence-corrected chi connectivity index (χ3v) is 7.02. The van der Waals surface area contributed by atoms with Gasteiger partial charge in [-0.3, -0.25) is 0 Å². The van der Waals surface area contributed by atoms with Gasteiger partial charge in [-0.05, 0) is 53.6 Å². The van der Waals surface area contributed by atoms with Crippen molar-refractivity contribution >= 4 is 34.3 Å². The molecule has 3 aromatic carbocycles. The smallest absolute Gasteiger partial charge is 0.342 e. The van der Waals surface area contributed by atoms with Gasteiger partial charge in [0, 0.05) is 17.6 Å². The minimum absolute atomic E-state index is 0.194. The van der Waals surface area contributed by atoms with Crippen molar-refractivity contribution in [3.05, 3.63) is 76.9 Å². The molecule has 3 heterocycles. The molecule has 10 heteroatoms. The normalized spacial score (nSPS) is 18.7. The fourth-order valence-corrected chi connectivity index (χ4v) is 5.18. The van der Waals surface area contributed by atoms with Crippen molar-refractivity contribution in [2.24, 2.45) is 0 Å². The number of methoxy groups -OCH3 is 2. The molecule has 37 heavy (non-hydrogen) atoms. The predicted octanol–water partition coefficient (Wildman–Crippen LogP) is 3.88. The highest BCUT2D eigenvalue weighted by Crippen LogP contribution is 2.47. The number of esters is 1. The lowest BCUT2D eigenvalue weighted by Gasteiger charge is -2.27. The fourth-order valence-electron chi connectivity index (χ4n) is 4.66. The highest BCUT2D eigenvalue weighted by Gasteiger charge is 2.48. The van der Waals surface area contributed by atoms with E-state index in [-0.39, 0.29) is 12.0 Å². The molecule has 0 amide bonds. The maximum absolute atomic E-state index is 13.4. The number of carbonyl (C=O) groups is 1. The number of benzene rings is 3. The number of fused-ring (bicyclic) bond motifs is 2. The molecule has 6 rings (SSSR count). The molecule has 0 fully saturated rings. The van der Waals surface area contributed by atoms with Gasteiger partial charge >= 0.3 is 5.97 Å². The first-order valence-electron chi connectivity index (χ1n) is 11.5. The molecule has 2 aliphatic rings. The predicted molar refractivity (Wildman–Crippen MR) is 135 cm³/mol. The van der Waals surface area contributed by atoms with Gasteiger partial charge < -0.3 is 28.8 Å². The maximum Gasteiger partial charge on any atom is 0.342 e. The van der Waals surface area contributed by atoms with Gasteiger partial charge in [-0.15, -0.1) is 0 Å². The molecule has 1 aromatic heterocycles. The van der Waals surface area contributed by atoms with Crippen LogP contribution in [-0.4, -0.2) is 47.3 Å². The Bertz CT molecular complexity index is 1560. The first kappa shape index (κ1) is 23.3. The van der Waals surface area contributed by atoms with Gasteiger partial charge in [0.1, 0.15) is 24.2 Å². The van der Waals surface area contributed by atoms with Gasteiger partial charge in [-0.25, -0.2) is 4.79 Å². The van der Waals surface area contributed by atoms with Crippen LogP contribution in [0.3, 0.4) is 0 Å². The zero-order valence-electron chi connectivity index (χ0n) is 20.0. The molecule has 188 valence electrons. The molecule has 0 saturated heterocycles. The number of nitrogens with zero attached hydrogens (tertiary/aromatic N) is 2. The summed E-state index contributed by atoms with van der Waals surface area (Å²) in [5.41, 5.74) is 3.75. The molecule has 1 unspecified atom stereocenters. The van der Waals surface area contributed by atoms with Crippen molar-refractivity contribution in [2.45, 2.75) is 12.2 Å². The van der Waals surface area contributed by atoms with Crippen LogP contribution in [0.15, 0.2) is 60.2 Å². The minimum atomic E-state index is -2.04. The lowest BCUT2D eigenvalue weighted by molar-refractivity contribution is -0.185. The number of aromatic nitrogens is 2. The number of cyclic esters (lactones) is 1. The van der Waals surface area contributed by atoms with Crippen molar-refractivity contribution < 1.29 is 33.6 Å². The molecule has 4 aromatic rings. The van der Waals surface area contributed by atoms with Crippen molar-refractivity contribution in [2.75, 3.05) is 27.4 Å². The van der Waals surface area contributed by atoms with E-state index in [9.17, 15) is 9.90 Å². The number of hydrogen-bond acceptors (Lipinski definition) is 10. The number of ether oxygens (including phenoxy) is 5. The Hall–Kier alpha value is -4.15. The Morgan fingerprint density at radius 1 is 0.919 bits per heavy atom. The zero-order chi connectivity index (χ0) is 25.6. The molecular formula is C27H22N2O7S. The van der Waals surface area contributed by atoms with Crippen molar-refractivity contribution in [1.82, 2.24) is 8.75 Å². The lowest BCUT2D eigenvalue weighted by Crippen LogP contribution is -2.30. The highest BCUT2D eigenvalue weighted by molar-refractivity contribution is 7.00. The van der Waals surface area contributed by atoms with E-state index < -0.39 is 11.8 Å². The largest absolute Gasteiger partial charge is 0.493 e. The average molecular weight is 519 g/mol. The summed E-state index contributed by atoms with van der Waals surface area (Å²) in [6, 6.07) is 15.8. The van der Waals surface area contributed by atoms with Gasteiger partial charge in [-0.2, -0.15) is 8.75 Å². The molecule has 0 aliphatic carbocycles. The standard InChI is InChI=1S/C27H22N2O7S/c1-32-21-7-3-15(12-23(21)33-2)11-18-25(16-4-6-19-20(13-16)29-37-28-19)26(30)36-27(18,31)17-5-8-22-24(14-17)35-10-9-34-22/h3-8,12-14,31H,9-11H2,1-2H3. The van der Waals surface area contributed by atoms with Crippen LogP contribution in [0.1, 0.15) is 16.7 Å². The van der Waals surface area contributed by atoms with E-state index in [1.165, 1.54) is 0 Å². The minimum Gasteiger partial charge on any atom is -0.493 e. The maximum atomic E-state index is 13.4. The van der Waals surface area contributed by atoms with E-state index in [0.717, 1.165) is 22.8 Å². The molecule has 2 aliphatic heterocycles. The topological polar surface area (TPSA) is 109 Å². The van der Waals surface area contributed by atoms with E-state index >= 15 is 0 Å². The zero-order valence-corrected chi connectivity index (χ0v) is 20.8. The SMILES string of the molecule is COc1ccc(CC2=C(c3ccc4nsnc4c3)C(=O)OC2(O)c2ccc3c(c2)OCCO3)cc1OC. The number of hydrogen-bond donors (Lipinski definition) is 1. The van der Waals surface area contributed by atoms with E-state index in [2.05, 4.69) is 8.75 Å². The lowest BCUT2D eigenvalue weighted by atomic mass is 9.87. The molecule has 0 saturated carbocycles. The molecule has 1 atom stereocenters. The number of aliphatic hydroxyl groups is 1. The van der Waals surface area contributed by atoms with E-state index in [0.29, 0.717) is 58.4 Å². The highest BCUT2D eigenvalue weighted by atomic mass is 32.1. The quantitative estimate of drug-likeness (QED) is 0.380. The number of carbonyl (C=O) groups excluding carboxylic acids is 1. The average Bonchev–Trinajstić information content (AvgIpc) is 3.49. The third-order valence-electron chi connectivity index (χ3n) is 6.46. The summed E-state index contributed by atoms with van der Waals surface area (Å²) in [5, 5.41) is 12.0. The van der Waals surface area contributed by atoms with Crippen LogP contribution in [-0.2, 0) is 21.7 Å². The Morgan fingerprint density at radius 2 is 1.70 bits per heavy atom. The summed E-state index contributed by atoms with van der Waals surface area (Å²) < 4.78 is 36.4. The van der Waals surface area contributed by atoms with Gasteiger partial charge in [0.2, 0.25) is 0 Å². The summed E-state index contributed by atoms with van der Waals surface area (Å²) in [6.07, 6.45) is 0.194. The van der Waals surface area contributed by atoms with Crippen LogP contribution < -0.4 is 18.9 Å². The van der Waals surface area contributed by atoms with Crippen LogP contribution in [0.5, 0.6) is 23.0 Å². The summed E-state index contributed by atoms with van der Waals surface area (Å²) >= 11 is 1.09. The summed E-state index contributed by atoms with van der Waals surface area (Å²) in [4.78, 5) is 13.4. The van der Waals surface area contributed by atoms with E-state index in [4.69, 9.17) is 23.7 Å². The fraction of sp³-hybridized carbons (Fsp3) is 0.222. The van der Waals surface area contributed by atoms with E-state index in [1.54, 1.807) is 56.7 Å². The summed E-state index contributed by atoms with van der Waals surface area (Å²) in [7, 11) is 3.11. The van der Waals surface area contributed by atoms with Gasteiger partial charge in [0.05, 0.1) is 31.5 Å². The second-order valence-corrected chi connectivity index (χ2v) is 9.11. The molecule has 0 bridgehead atoms. The second-order valence-electron chi connectivity index (χ2n) is 8.58. The molecule has 1 N–H and O–H groups in total. The van der Waals surface area contributed by atoms with Crippen molar-refractivity contribution in [1.29, 1.82) is 0 Å². The van der Waals surface area contributed by atoms with Crippen LogP contribution in [0.4, 0.5) is 0 Å². The first-order valence-corrected chi connectivity index (χ1v) is 12.3. The Labute approximate surface area is 216 Å². The Morgan fingerprint density at radius 3 is 2.51 bits per heavy atom. The first-order chi connectivity index (χ1) is 18.0. The Kier molecular flexibility index (Phi) is 5.69. The van der Waals surface area contributed by atoms with Gasteiger partial charge in [0.15, 0.2) is 23.0 Å². The van der Waals surface area contributed by atoms with Crippen molar-refractivity contribution in [3.63, 3.8) is 0 Å². The van der Waals surface area contributed by atoms with Crippen molar-refractivity contribution in [3.8, 4) is 23.0 Å². The molecular weight excluding hydrogens is 496 g/mol. The molecule has 0 radical (unpaired) electrons. The van der Waals surface area contributed by atoms with Gasteiger partial charge in [0.25, 0.3) is 5.79 Å². The number of rotatable bonds is 6. The monoisotopic (exact) mass is 518 g/mol. The molecule has 0 spiro atoms. The summed E-state index contributed by atoms with van der Waals surface area (Å²) in [5.74, 6) is -0.536. The third kappa shape index (κ3) is 3.94.